The van der Waals surface area contributed by atoms with Crippen LogP contribution in [0, 0.1) is 24.0 Å². The van der Waals surface area contributed by atoms with Gasteiger partial charge in [-0.1, -0.05) is 0 Å². The average molecular weight is 398 g/mol. The molecule has 0 bridgehead atoms. The van der Waals surface area contributed by atoms with Crippen molar-refractivity contribution >= 4 is 27.6 Å². The van der Waals surface area contributed by atoms with Crippen molar-refractivity contribution in [2.45, 2.75) is 18.7 Å². The van der Waals surface area contributed by atoms with Crippen LogP contribution >= 0.6 is 0 Å². The van der Waals surface area contributed by atoms with Crippen LogP contribution in [0.5, 0.6) is 0 Å². The molecule has 0 unspecified atom stereocenters. The lowest BCUT2D eigenvalue weighted by Gasteiger charge is -2.10. The minimum absolute atomic E-state index is 0.0140. The minimum Gasteiger partial charge on any atom is -0.318 e. The van der Waals surface area contributed by atoms with Gasteiger partial charge >= 0.3 is 0 Å². The van der Waals surface area contributed by atoms with E-state index in [4.69, 9.17) is 5.14 Å². The summed E-state index contributed by atoms with van der Waals surface area (Å²) in [5, 5.41) is 15.9. The number of hydrogen-bond donors (Lipinski definition) is 1. The maximum atomic E-state index is 11.4. The van der Waals surface area contributed by atoms with E-state index in [2.05, 4.69) is 4.99 Å². The number of nitro benzene ring substituents is 1. The maximum absolute atomic E-state index is 11.4. The first-order chi connectivity index (χ1) is 13.2. The third-order valence-electron chi connectivity index (χ3n) is 4.31. The lowest BCUT2D eigenvalue weighted by molar-refractivity contribution is -0.384. The van der Waals surface area contributed by atoms with E-state index in [1.54, 1.807) is 30.5 Å². The van der Waals surface area contributed by atoms with Crippen LogP contribution in [-0.4, -0.2) is 24.1 Å². The highest BCUT2D eigenvalue weighted by molar-refractivity contribution is 7.89. The summed E-state index contributed by atoms with van der Waals surface area (Å²) in [5.74, 6) is 0. The molecule has 0 saturated carbocycles. The standard InChI is InChI=1S/C19H18N4O4S/c1-13-11-15(12-21-16-3-5-18(6-4-16)23(24)25)14(2)22(13)17-7-9-19(10-8-17)28(20,26)27/h3-12H,1-2H3,(H2,20,26,27). The Kier molecular flexibility index (Phi) is 5.12. The van der Waals surface area contributed by atoms with Gasteiger partial charge < -0.3 is 4.57 Å². The zero-order chi connectivity index (χ0) is 20.5. The van der Waals surface area contributed by atoms with Gasteiger partial charge in [-0.2, -0.15) is 0 Å². The molecular weight excluding hydrogens is 380 g/mol. The van der Waals surface area contributed by atoms with E-state index < -0.39 is 14.9 Å². The van der Waals surface area contributed by atoms with Crippen molar-refractivity contribution in [3.63, 3.8) is 0 Å². The molecule has 0 radical (unpaired) electrons. The predicted molar refractivity (Wildman–Crippen MR) is 107 cm³/mol. The van der Waals surface area contributed by atoms with Crippen molar-refractivity contribution in [2.24, 2.45) is 10.1 Å². The van der Waals surface area contributed by atoms with E-state index in [9.17, 15) is 18.5 Å². The molecule has 0 aliphatic carbocycles. The van der Waals surface area contributed by atoms with Gasteiger partial charge in [0.1, 0.15) is 0 Å². The molecule has 2 N–H and O–H groups in total. The lowest BCUT2D eigenvalue weighted by Crippen LogP contribution is -2.12. The number of benzene rings is 2. The first-order valence-corrected chi connectivity index (χ1v) is 9.82. The molecule has 0 saturated heterocycles. The summed E-state index contributed by atoms with van der Waals surface area (Å²) >= 11 is 0. The second-order valence-electron chi connectivity index (χ2n) is 6.23. The van der Waals surface area contributed by atoms with Crippen molar-refractivity contribution in [3.8, 4) is 5.69 Å². The molecular formula is C19H18N4O4S. The first-order valence-electron chi connectivity index (χ1n) is 8.27. The van der Waals surface area contributed by atoms with Crippen molar-refractivity contribution in [1.82, 2.24) is 4.57 Å². The lowest BCUT2D eigenvalue weighted by atomic mass is 10.2. The number of primary sulfonamides is 1. The van der Waals surface area contributed by atoms with E-state index in [0.29, 0.717) is 5.69 Å². The van der Waals surface area contributed by atoms with Gasteiger partial charge in [0, 0.05) is 41.0 Å². The molecule has 1 heterocycles. The molecule has 8 nitrogen and oxygen atoms in total. The van der Waals surface area contributed by atoms with Gasteiger partial charge in [0.05, 0.1) is 15.5 Å². The number of sulfonamides is 1. The molecule has 0 fully saturated rings. The molecule has 2 aromatic carbocycles. The van der Waals surface area contributed by atoms with Crippen molar-refractivity contribution in [2.75, 3.05) is 0 Å². The summed E-state index contributed by atoms with van der Waals surface area (Å²) in [6.07, 6.45) is 1.69. The second-order valence-corrected chi connectivity index (χ2v) is 7.79. The summed E-state index contributed by atoms with van der Waals surface area (Å²) < 4.78 is 24.8. The Bertz CT molecular complexity index is 1160. The molecule has 144 valence electrons. The number of aliphatic imine (C=N–C) groups is 1. The number of nitrogens with zero attached hydrogens (tertiary/aromatic N) is 3. The Morgan fingerprint density at radius 3 is 2.21 bits per heavy atom. The summed E-state index contributed by atoms with van der Waals surface area (Å²) in [6.45, 7) is 3.86. The highest BCUT2D eigenvalue weighted by Gasteiger charge is 2.12. The average Bonchev–Trinajstić information content (AvgIpc) is 2.93. The Labute approximate surface area is 162 Å². The van der Waals surface area contributed by atoms with Crippen LogP contribution in [0.4, 0.5) is 11.4 Å². The summed E-state index contributed by atoms with van der Waals surface area (Å²) in [7, 11) is -3.74. The summed E-state index contributed by atoms with van der Waals surface area (Å²) in [4.78, 5) is 14.7. The summed E-state index contributed by atoms with van der Waals surface area (Å²) in [6, 6.07) is 14.2. The third kappa shape index (κ3) is 4.00. The molecule has 28 heavy (non-hydrogen) atoms. The third-order valence-corrected chi connectivity index (χ3v) is 5.24. The van der Waals surface area contributed by atoms with Crippen molar-refractivity contribution < 1.29 is 13.3 Å². The number of nitro groups is 1. The molecule has 1 aromatic heterocycles. The van der Waals surface area contributed by atoms with Gasteiger partial charge in [0.25, 0.3) is 5.69 Å². The van der Waals surface area contributed by atoms with Crippen molar-refractivity contribution in [3.05, 3.63) is 81.7 Å². The maximum Gasteiger partial charge on any atom is 0.269 e. The van der Waals surface area contributed by atoms with Crippen LogP contribution in [0.3, 0.4) is 0 Å². The number of aryl methyl sites for hydroxylation is 1. The van der Waals surface area contributed by atoms with Crippen LogP contribution in [0.2, 0.25) is 0 Å². The highest BCUT2D eigenvalue weighted by atomic mass is 32.2. The van der Waals surface area contributed by atoms with E-state index in [1.807, 2.05) is 24.5 Å². The van der Waals surface area contributed by atoms with Gasteiger partial charge in [0.2, 0.25) is 10.0 Å². The molecule has 3 aromatic rings. The molecule has 9 heteroatoms. The van der Waals surface area contributed by atoms with Crippen LogP contribution in [0.15, 0.2) is 64.5 Å². The van der Waals surface area contributed by atoms with Crippen LogP contribution in [-0.2, 0) is 10.0 Å². The van der Waals surface area contributed by atoms with Gasteiger partial charge in [-0.3, -0.25) is 15.1 Å². The Hall–Kier alpha value is -3.30. The number of nitrogens with two attached hydrogens (primary N) is 1. The number of hydrogen-bond acceptors (Lipinski definition) is 5. The quantitative estimate of drug-likeness (QED) is 0.402. The molecule has 3 rings (SSSR count). The zero-order valence-electron chi connectivity index (χ0n) is 15.2. The Balaban J connectivity index is 1.90. The van der Waals surface area contributed by atoms with E-state index in [0.717, 1.165) is 22.6 Å². The molecule has 0 aliphatic heterocycles. The normalized spacial score (nSPS) is 11.8. The molecule has 0 atom stereocenters. The van der Waals surface area contributed by atoms with Gasteiger partial charge in [-0.05, 0) is 56.3 Å². The predicted octanol–water partition coefficient (Wildman–Crippen LogP) is 3.40. The minimum atomic E-state index is -3.74. The number of rotatable bonds is 5. The van der Waals surface area contributed by atoms with E-state index in [1.165, 1.54) is 24.3 Å². The SMILES string of the molecule is Cc1cc(C=Nc2ccc([N+](=O)[O-])cc2)c(C)n1-c1ccc(S(N)(=O)=O)cc1. The van der Waals surface area contributed by atoms with Crippen LogP contribution in [0.25, 0.3) is 5.69 Å². The van der Waals surface area contributed by atoms with Crippen LogP contribution in [0.1, 0.15) is 17.0 Å². The number of non-ortho nitro benzene ring substituents is 1. The molecule has 0 aliphatic rings. The van der Waals surface area contributed by atoms with Gasteiger partial charge in [0.15, 0.2) is 0 Å². The second kappa shape index (κ2) is 7.37. The van der Waals surface area contributed by atoms with E-state index in [-0.39, 0.29) is 10.6 Å². The largest absolute Gasteiger partial charge is 0.318 e. The number of aromatic nitrogens is 1. The smallest absolute Gasteiger partial charge is 0.269 e. The molecule has 0 amide bonds. The topological polar surface area (TPSA) is 121 Å². The van der Waals surface area contributed by atoms with E-state index >= 15 is 0 Å². The Morgan fingerprint density at radius 1 is 1.07 bits per heavy atom. The van der Waals surface area contributed by atoms with Crippen LogP contribution < -0.4 is 5.14 Å². The fourth-order valence-electron chi connectivity index (χ4n) is 2.91. The zero-order valence-corrected chi connectivity index (χ0v) is 16.1. The first kappa shape index (κ1) is 19.5. The molecule has 0 spiro atoms. The van der Waals surface area contributed by atoms with Gasteiger partial charge in [-0.25, -0.2) is 13.6 Å². The highest BCUT2D eigenvalue weighted by Crippen LogP contribution is 2.22. The fourth-order valence-corrected chi connectivity index (χ4v) is 3.42. The Morgan fingerprint density at radius 2 is 1.68 bits per heavy atom. The fraction of sp³-hybridized carbons (Fsp3) is 0.105. The monoisotopic (exact) mass is 398 g/mol. The summed E-state index contributed by atoms with van der Waals surface area (Å²) in [5.41, 5.74) is 4.18. The van der Waals surface area contributed by atoms with Gasteiger partial charge in [-0.15, -0.1) is 0 Å². The van der Waals surface area contributed by atoms with Crippen molar-refractivity contribution in [1.29, 1.82) is 0 Å².